The summed E-state index contributed by atoms with van der Waals surface area (Å²) < 4.78 is 10.3. The van der Waals surface area contributed by atoms with E-state index in [1.807, 2.05) is 55.5 Å². The number of nitrogens with zero attached hydrogens (tertiary/aromatic N) is 1. The number of carbonyl (C=O) groups is 1. The van der Waals surface area contributed by atoms with Gasteiger partial charge in [0.2, 0.25) is 0 Å². The van der Waals surface area contributed by atoms with Crippen molar-refractivity contribution in [3.63, 3.8) is 0 Å². The number of urea groups is 1. The van der Waals surface area contributed by atoms with Gasteiger partial charge in [0, 0.05) is 17.3 Å². The first-order valence-electron chi connectivity index (χ1n) is 8.43. The zero-order chi connectivity index (χ0) is 19.2. The molecule has 6 heteroatoms. The highest BCUT2D eigenvalue weighted by Crippen LogP contribution is 2.24. The average molecular weight is 363 g/mol. The highest BCUT2D eigenvalue weighted by atomic mass is 16.5. The maximum Gasteiger partial charge on any atom is 0.323 e. The van der Waals surface area contributed by atoms with E-state index in [0.717, 1.165) is 22.7 Å². The molecule has 1 aromatic heterocycles. The smallest absolute Gasteiger partial charge is 0.323 e. The van der Waals surface area contributed by atoms with E-state index in [9.17, 15) is 4.79 Å². The summed E-state index contributed by atoms with van der Waals surface area (Å²) in [5.41, 5.74) is 3.82. The van der Waals surface area contributed by atoms with E-state index in [-0.39, 0.29) is 6.03 Å². The molecule has 0 saturated heterocycles. The summed E-state index contributed by atoms with van der Waals surface area (Å²) in [6, 6.07) is 18.2. The Balaban J connectivity index is 1.70. The first-order chi connectivity index (χ1) is 13.1. The van der Waals surface area contributed by atoms with Gasteiger partial charge in [0.1, 0.15) is 11.5 Å². The Labute approximate surface area is 158 Å². The zero-order valence-corrected chi connectivity index (χ0v) is 15.4. The minimum Gasteiger partial charge on any atom is -0.497 e. The fraction of sp³-hybridized carbons (Fsp3) is 0.143. The Morgan fingerprint density at radius 3 is 2.30 bits per heavy atom. The number of anilines is 2. The van der Waals surface area contributed by atoms with E-state index in [0.29, 0.717) is 17.1 Å². The van der Waals surface area contributed by atoms with Gasteiger partial charge in [0.05, 0.1) is 31.3 Å². The molecule has 0 saturated carbocycles. The maximum absolute atomic E-state index is 12.3. The number of pyridine rings is 1. The second-order valence-corrected chi connectivity index (χ2v) is 5.87. The number of rotatable bonds is 5. The van der Waals surface area contributed by atoms with Crippen molar-refractivity contribution >= 4 is 17.4 Å². The van der Waals surface area contributed by atoms with Gasteiger partial charge in [-0.1, -0.05) is 6.07 Å². The predicted octanol–water partition coefficient (Wildman–Crippen LogP) is 4.72. The maximum atomic E-state index is 12.3. The van der Waals surface area contributed by atoms with Crippen LogP contribution in [0.15, 0.2) is 60.7 Å². The van der Waals surface area contributed by atoms with Gasteiger partial charge in [-0.2, -0.15) is 0 Å². The molecule has 0 aliphatic carbocycles. The Morgan fingerprint density at radius 1 is 0.889 bits per heavy atom. The van der Waals surface area contributed by atoms with Gasteiger partial charge >= 0.3 is 6.03 Å². The van der Waals surface area contributed by atoms with Crippen molar-refractivity contribution in [2.24, 2.45) is 0 Å². The van der Waals surface area contributed by atoms with Crippen LogP contribution in [0.1, 0.15) is 5.69 Å². The molecule has 0 unspecified atom stereocenters. The third-order valence-electron chi connectivity index (χ3n) is 4.05. The molecule has 2 N–H and O–H groups in total. The second kappa shape index (κ2) is 8.23. The zero-order valence-electron chi connectivity index (χ0n) is 15.4. The van der Waals surface area contributed by atoms with Crippen LogP contribution in [-0.2, 0) is 0 Å². The molecule has 2 amide bonds. The lowest BCUT2D eigenvalue weighted by atomic mass is 10.1. The van der Waals surface area contributed by atoms with Gasteiger partial charge in [0.25, 0.3) is 0 Å². The highest BCUT2D eigenvalue weighted by Gasteiger charge is 2.08. The minimum absolute atomic E-state index is 0.342. The van der Waals surface area contributed by atoms with Crippen molar-refractivity contribution in [3.8, 4) is 22.8 Å². The summed E-state index contributed by atoms with van der Waals surface area (Å²) in [6.07, 6.45) is 0. The van der Waals surface area contributed by atoms with E-state index in [1.165, 1.54) is 0 Å². The number of hydrogen-bond acceptors (Lipinski definition) is 4. The number of aromatic nitrogens is 1. The molecule has 3 rings (SSSR count). The highest BCUT2D eigenvalue weighted by molar-refractivity contribution is 6.00. The molecule has 27 heavy (non-hydrogen) atoms. The van der Waals surface area contributed by atoms with Crippen molar-refractivity contribution in [1.82, 2.24) is 4.98 Å². The molecule has 0 aliphatic heterocycles. The van der Waals surface area contributed by atoms with Gasteiger partial charge in [0.15, 0.2) is 0 Å². The molecule has 6 nitrogen and oxygen atoms in total. The number of amides is 2. The van der Waals surface area contributed by atoms with E-state index >= 15 is 0 Å². The van der Waals surface area contributed by atoms with Crippen molar-refractivity contribution in [1.29, 1.82) is 0 Å². The van der Waals surface area contributed by atoms with Gasteiger partial charge in [-0.05, 0) is 55.5 Å². The molecular formula is C21H21N3O3. The largest absolute Gasteiger partial charge is 0.497 e. The molecule has 2 aromatic carbocycles. The van der Waals surface area contributed by atoms with Crippen molar-refractivity contribution < 1.29 is 14.3 Å². The number of aryl methyl sites for hydroxylation is 1. The molecule has 0 radical (unpaired) electrons. The van der Waals surface area contributed by atoms with Crippen LogP contribution in [0, 0.1) is 6.92 Å². The average Bonchev–Trinajstić information content (AvgIpc) is 2.69. The molecule has 0 aliphatic rings. The van der Waals surface area contributed by atoms with Gasteiger partial charge in [-0.25, -0.2) is 4.79 Å². The normalized spacial score (nSPS) is 10.2. The molecular weight excluding hydrogens is 342 g/mol. The molecule has 0 bridgehead atoms. The molecule has 0 fully saturated rings. The van der Waals surface area contributed by atoms with Crippen LogP contribution in [-0.4, -0.2) is 25.2 Å². The Bertz CT molecular complexity index is 940. The topological polar surface area (TPSA) is 72.5 Å². The van der Waals surface area contributed by atoms with Crippen LogP contribution in [0.4, 0.5) is 16.2 Å². The van der Waals surface area contributed by atoms with Crippen LogP contribution in [0.5, 0.6) is 11.5 Å². The second-order valence-electron chi connectivity index (χ2n) is 5.87. The molecule has 0 atom stereocenters. The first kappa shape index (κ1) is 18.3. The lowest BCUT2D eigenvalue weighted by molar-refractivity contribution is 0.262. The van der Waals surface area contributed by atoms with E-state index < -0.39 is 0 Å². The van der Waals surface area contributed by atoms with E-state index in [2.05, 4.69) is 15.6 Å². The van der Waals surface area contributed by atoms with Crippen LogP contribution in [0.2, 0.25) is 0 Å². The Morgan fingerprint density at radius 2 is 1.63 bits per heavy atom. The molecule has 1 heterocycles. The molecule has 3 aromatic rings. The summed E-state index contributed by atoms with van der Waals surface area (Å²) in [4.78, 5) is 16.8. The van der Waals surface area contributed by atoms with Crippen molar-refractivity contribution in [2.75, 3.05) is 24.9 Å². The fourth-order valence-corrected chi connectivity index (χ4v) is 2.60. The summed E-state index contributed by atoms with van der Waals surface area (Å²) in [5.74, 6) is 1.47. The van der Waals surface area contributed by atoms with E-state index in [1.54, 1.807) is 26.4 Å². The lowest BCUT2D eigenvalue weighted by Gasteiger charge is -2.11. The number of methoxy groups -OCH3 is 2. The SMILES string of the molecule is COc1ccc(-c2ccc(NC(=O)Nc3cccc(OC)c3)c(C)n2)cc1. The quantitative estimate of drug-likeness (QED) is 0.688. The van der Waals surface area contributed by atoms with Crippen molar-refractivity contribution in [3.05, 3.63) is 66.4 Å². The fourth-order valence-electron chi connectivity index (χ4n) is 2.60. The summed E-state index contributed by atoms with van der Waals surface area (Å²) in [6.45, 7) is 1.86. The number of carbonyl (C=O) groups excluding carboxylic acids is 1. The first-order valence-corrected chi connectivity index (χ1v) is 8.43. The number of hydrogen-bond donors (Lipinski definition) is 2. The summed E-state index contributed by atoms with van der Waals surface area (Å²) >= 11 is 0. The van der Waals surface area contributed by atoms with Crippen molar-refractivity contribution in [2.45, 2.75) is 6.92 Å². The standard InChI is InChI=1S/C21H21N3O3/c1-14-19(24-21(25)23-16-5-4-6-18(13-16)27-3)11-12-20(22-14)15-7-9-17(26-2)10-8-15/h4-13H,1-3H3,(H2,23,24,25). The summed E-state index contributed by atoms with van der Waals surface area (Å²) in [5, 5.41) is 5.60. The number of benzene rings is 2. The number of nitrogens with one attached hydrogen (secondary N) is 2. The molecule has 0 spiro atoms. The number of ether oxygens (including phenoxy) is 2. The van der Waals surface area contributed by atoms with Crippen LogP contribution in [0.25, 0.3) is 11.3 Å². The van der Waals surface area contributed by atoms with Crippen LogP contribution >= 0.6 is 0 Å². The minimum atomic E-state index is -0.342. The van der Waals surface area contributed by atoms with Crippen LogP contribution in [0.3, 0.4) is 0 Å². The monoisotopic (exact) mass is 363 g/mol. The third-order valence-corrected chi connectivity index (χ3v) is 4.05. The third kappa shape index (κ3) is 4.55. The Kier molecular flexibility index (Phi) is 5.56. The van der Waals surface area contributed by atoms with Crippen LogP contribution < -0.4 is 20.1 Å². The Hall–Kier alpha value is -3.54. The van der Waals surface area contributed by atoms with Gasteiger partial charge in [-0.3, -0.25) is 4.98 Å². The lowest BCUT2D eigenvalue weighted by Crippen LogP contribution is -2.20. The predicted molar refractivity (Wildman–Crippen MR) is 107 cm³/mol. The molecule has 138 valence electrons. The summed E-state index contributed by atoms with van der Waals surface area (Å²) in [7, 11) is 3.22. The van der Waals surface area contributed by atoms with E-state index in [4.69, 9.17) is 9.47 Å². The van der Waals surface area contributed by atoms with Gasteiger partial charge in [-0.15, -0.1) is 0 Å². The van der Waals surface area contributed by atoms with Gasteiger partial charge < -0.3 is 20.1 Å².